The minimum atomic E-state index is -0.967. The predicted octanol–water partition coefficient (Wildman–Crippen LogP) is -0.156. The van der Waals surface area contributed by atoms with E-state index >= 15 is 0 Å². The number of hydrogen-bond donors (Lipinski definition) is 2. The number of nitrogens with zero attached hydrogens (tertiary/aromatic N) is 1. The molecule has 0 atom stereocenters. The summed E-state index contributed by atoms with van der Waals surface area (Å²) >= 11 is 0. The van der Waals surface area contributed by atoms with Gasteiger partial charge in [0.2, 0.25) is 5.69 Å². The molecule has 6 heteroatoms. The van der Waals surface area contributed by atoms with Crippen LogP contribution in [-0.4, -0.2) is 21.8 Å². The van der Waals surface area contributed by atoms with E-state index in [1.165, 1.54) is 0 Å². The van der Waals surface area contributed by atoms with Crippen LogP contribution >= 0.6 is 0 Å². The van der Waals surface area contributed by atoms with E-state index in [0.717, 1.165) is 27.5 Å². The first-order valence-electron chi connectivity index (χ1n) is 7.52. The molecule has 25 heavy (non-hydrogen) atoms. The van der Waals surface area contributed by atoms with Gasteiger partial charge in [-0.3, -0.25) is 4.79 Å². The zero-order valence-electron chi connectivity index (χ0n) is 12.8. The van der Waals surface area contributed by atoms with E-state index in [-0.39, 0.29) is 28.3 Å². The first-order chi connectivity index (χ1) is 11.6. The Bertz CT molecular complexity index is 1210. The summed E-state index contributed by atoms with van der Waals surface area (Å²) in [6.45, 7) is 0. The number of carboxylic acid groups (broad SMARTS) is 1. The van der Waals surface area contributed by atoms with Crippen molar-refractivity contribution in [2.75, 3.05) is 0 Å². The summed E-state index contributed by atoms with van der Waals surface area (Å²) in [5.41, 5.74) is 3.90. The normalized spacial score (nSPS) is 12.1. The van der Waals surface area contributed by atoms with Crippen molar-refractivity contribution in [1.29, 1.82) is 0 Å². The third-order valence-corrected chi connectivity index (χ3v) is 4.58. The number of H-pyrrole nitrogens is 1. The summed E-state index contributed by atoms with van der Waals surface area (Å²) in [5, 5.41) is 10.9. The summed E-state index contributed by atoms with van der Waals surface area (Å²) in [6, 6.07) is 14.3. The molecule has 1 aliphatic rings. The van der Waals surface area contributed by atoms with E-state index in [0.29, 0.717) is 11.3 Å². The van der Waals surface area contributed by atoms with Crippen LogP contribution in [0.2, 0.25) is 0 Å². The number of carbonyl (C=O) groups is 2. The smallest absolute Gasteiger partial charge is 0.335 e. The monoisotopic (exact) mass is 394 g/mol. The molecule has 0 saturated carbocycles. The quantitative estimate of drug-likeness (QED) is 0.388. The van der Waals surface area contributed by atoms with Crippen LogP contribution in [-0.2, 0) is 0 Å². The van der Waals surface area contributed by atoms with Gasteiger partial charge in [0.1, 0.15) is 11.1 Å². The van der Waals surface area contributed by atoms with Gasteiger partial charge in [-0.15, -0.1) is 0 Å². The maximum Gasteiger partial charge on any atom is 0.335 e. The fourth-order valence-electron chi connectivity index (χ4n) is 3.48. The highest BCUT2D eigenvalue weighted by molar-refractivity contribution is 6.20. The van der Waals surface area contributed by atoms with E-state index < -0.39 is 5.97 Å². The Morgan fingerprint density at radius 3 is 2.64 bits per heavy atom. The Hall–Kier alpha value is -2.99. The van der Waals surface area contributed by atoms with Crippen LogP contribution in [0.25, 0.3) is 27.5 Å². The van der Waals surface area contributed by atoms with Crippen molar-refractivity contribution in [2.45, 2.75) is 0 Å². The minimum Gasteiger partial charge on any atom is -1.00 e. The van der Waals surface area contributed by atoms with Crippen molar-refractivity contribution >= 4 is 33.6 Å². The van der Waals surface area contributed by atoms with Crippen molar-refractivity contribution in [3.63, 3.8) is 0 Å². The molecule has 0 saturated heterocycles. The fraction of sp³-hybridized carbons (Fsp3) is 0. The number of aromatic carboxylic acids is 1. The third-order valence-electron chi connectivity index (χ3n) is 4.58. The second-order valence-electron chi connectivity index (χ2n) is 5.86. The first kappa shape index (κ1) is 15.5. The Balaban J connectivity index is 0.00000157. The van der Waals surface area contributed by atoms with Gasteiger partial charge in [0.05, 0.1) is 5.56 Å². The zero-order valence-corrected chi connectivity index (χ0v) is 14.4. The molecule has 2 aromatic heterocycles. The Morgan fingerprint density at radius 1 is 1.04 bits per heavy atom. The molecule has 0 spiro atoms. The largest absolute Gasteiger partial charge is 1.00 e. The second kappa shape index (κ2) is 5.26. The lowest BCUT2D eigenvalue weighted by Gasteiger charge is -1.95. The number of benzene rings is 2. The summed E-state index contributed by atoms with van der Waals surface area (Å²) < 4.78 is 1.88. The molecule has 5 nitrogen and oxygen atoms in total. The van der Waals surface area contributed by atoms with E-state index in [2.05, 4.69) is 4.98 Å². The minimum absolute atomic E-state index is 0. The molecule has 0 fully saturated rings. The third kappa shape index (κ3) is 1.97. The number of ketones is 1. The highest BCUT2D eigenvalue weighted by Gasteiger charge is 2.37. The van der Waals surface area contributed by atoms with Gasteiger partial charge in [0, 0.05) is 28.4 Å². The van der Waals surface area contributed by atoms with Crippen molar-refractivity contribution in [3.05, 3.63) is 71.5 Å². The zero-order chi connectivity index (χ0) is 16.4. The van der Waals surface area contributed by atoms with Gasteiger partial charge in [-0.2, -0.15) is 4.57 Å². The number of halogens is 1. The highest BCUT2D eigenvalue weighted by Crippen LogP contribution is 2.31. The van der Waals surface area contributed by atoms with Crippen LogP contribution in [0.4, 0.5) is 0 Å². The molecule has 5 rings (SSSR count). The Kier molecular flexibility index (Phi) is 3.27. The highest BCUT2D eigenvalue weighted by atomic mass is 79.9. The number of carboxylic acids is 1. The summed E-state index contributed by atoms with van der Waals surface area (Å²) in [4.78, 5) is 27.3. The average Bonchev–Trinajstić information content (AvgIpc) is 3.10. The Morgan fingerprint density at radius 2 is 1.84 bits per heavy atom. The van der Waals surface area contributed by atoms with Crippen molar-refractivity contribution in [2.24, 2.45) is 0 Å². The van der Waals surface area contributed by atoms with Crippen molar-refractivity contribution < 1.29 is 36.2 Å². The topological polar surface area (TPSA) is 74.0 Å². The lowest BCUT2D eigenvalue weighted by Crippen LogP contribution is -3.00. The van der Waals surface area contributed by atoms with Crippen molar-refractivity contribution in [1.82, 2.24) is 4.98 Å². The molecule has 0 radical (unpaired) electrons. The number of carbonyl (C=O) groups excluding carboxylic acids is 1. The van der Waals surface area contributed by atoms with Crippen LogP contribution in [0.15, 0.2) is 54.7 Å². The van der Waals surface area contributed by atoms with Crippen LogP contribution in [0.1, 0.15) is 26.4 Å². The van der Waals surface area contributed by atoms with Gasteiger partial charge in [0.15, 0.2) is 6.20 Å². The molecule has 3 heterocycles. The second-order valence-corrected chi connectivity index (χ2v) is 5.86. The van der Waals surface area contributed by atoms with Gasteiger partial charge in [-0.1, -0.05) is 12.1 Å². The number of para-hydroxylation sites is 1. The molecule has 2 N–H and O–H groups in total. The number of rotatable bonds is 1. The van der Waals surface area contributed by atoms with Gasteiger partial charge in [0.25, 0.3) is 11.5 Å². The molecule has 0 aliphatic carbocycles. The summed E-state index contributed by atoms with van der Waals surface area (Å²) in [6.07, 6.45) is 1.86. The van der Waals surface area contributed by atoms with Crippen LogP contribution in [0.3, 0.4) is 0 Å². The molecular formula is C19H11BrN2O3. The van der Waals surface area contributed by atoms with Crippen LogP contribution in [0.5, 0.6) is 0 Å². The van der Waals surface area contributed by atoms with Crippen LogP contribution in [0, 0.1) is 0 Å². The van der Waals surface area contributed by atoms with Crippen LogP contribution < -0.4 is 21.5 Å². The maximum absolute atomic E-state index is 12.8. The van der Waals surface area contributed by atoms with Gasteiger partial charge in [-0.25, -0.2) is 4.79 Å². The lowest BCUT2D eigenvalue weighted by molar-refractivity contribution is -0.592. The predicted molar refractivity (Wildman–Crippen MR) is 87.7 cm³/mol. The van der Waals surface area contributed by atoms with Gasteiger partial charge < -0.3 is 27.1 Å². The van der Waals surface area contributed by atoms with Crippen molar-refractivity contribution in [3.8, 4) is 5.69 Å². The van der Waals surface area contributed by atoms with E-state index in [1.807, 2.05) is 41.1 Å². The molecule has 0 unspecified atom stereocenters. The summed E-state index contributed by atoms with van der Waals surface area (Å²) in [5.74, 6) is -0.994. The molecule has 122 valence electrons. The molecule has 2 aromatic carbocycles. The number of fused-ring (bicyclic) bond motifs is 7. The standard InChI is InChI=1S/C19H10N2O3.BrH/c22-18-12-3-1-2-4-15(12)21-8-7-11-13-9-10(19(23)24)5-6-14(13)20-16(11)17(18)21;/h1-9H,(H,23,24);1H. The SMILES string of the molecule is O=C(O)c1ccc2[nH]c3c4[n+](ccc3c2c1)-c1ccccc1C4=O.[Br-]. The number of aromatic amines is 1. The van der Waals surface area contributed by atoms with Gasteiger partial charge in [-0.05, 0) is 24.3 Å². The molecular weight excluding hydrogens is 384 g/mol. The maximum atomic E-state index is 12.8. The lowest BCUT2D eigenvalue weighted by atomic mass is 10.1. The van der Waals surface area contributed by atoms with E-state index in [1.54, 1.807) is 18.2 Å². The summed E-state index contributed by atoms with van der Waals surface area (Å²) in [7, 11) is 0. The van der Waals surface area contributed by atoms with E-state index in [9.17, 15) is 14.7 Å². The Labute approximate surface area is 152 Å². The fourth-order valence-corrected chi connectivity index (χ4v) is 3.48. The molecule has 1 aliphatic heterocycles. The van der Waals surface area contributed by atoms with Gasteiger partial charge >= 0.3 is 5.97 Å². The molecule has 0 amide bonds. The first-order valence-corrected chi connectivity index (χ1v) is 7.52. The average molecular weight is 395 g/mol. The number of hydrogen-bond acceptors (Lipinski definition) is 2. The van der Waals surface area contributed by atoms with E-state index in [4.69, 9.17) is 0 Å². The molecule has 4 aromatic rings. The number of nitrogens with one attached hydrogen (secondary N) is 1. The number of aromatic nitrogens is 2. The number of pyridine rings is 1. The molecule has 0 bridgehead atoms.